The molecule has 106 heavy (non-hydrogen) atoms. The standard InChI is InChI=1S/2C41H31NO10S/c2*43-36(26-15-5-1-6-16-26)47-25-32-33(50-37(44)27-17-7-2-8-18-27)34(51-38(45)28-19-9-3-10-20-28)35(52-39(46)29-21-11-4-12-22-29)40(48-32)53-41-42-30-23-13-14-24-31(30)49-41/h2*1-24,32-35,40H,25H2/t2*32-,33-,34+,35-,40+/m11/s1. The Hall–Kier alpha value is -12.5. The summed E-state index contributed by atoms with van der Waals surface area (Å²) in [5, 5.41) is 0.315. The van der Waals surface area contributed by atoms with E-state index in [2.05, 4.69) is 9.97 Å². The summed E-state index contributed by atoms with van der Waals surface area (Å²) in [6.07, 6.45) is -11.2. The van der Waals surface area contributed by atoms with E-state index in [0.29, 0.717) is 22.2 Å². The molecule has 0 amide bonds. The first-order valence-electron chi connectivity index (χ1n) is 33.2. The Labute approximate surface area is 613 Å². The van der Waals surface area contributed by atoms with Gasteiger partial charge in [-0.2, -0.15) is 0 Å². The number of nitrogens with zero attached hydrogens (tertiary/aromatic N) is 2. The van der Waals surface area contributed by atoms with Gasteiger partial charge in [0.1, 0.15) is 36.5 Å². The first-order valence-corrected chi connectivity index (χ1v) is 35.0. The third-order valence-corrected chi connectivity index (χ3v) is 18.4. The Morgan fingerprint density at radius 1 is 0.264 bits per heavy atom. The van der Waals surface area contributed by atoms with Crippen LogP contribution >= 0.6 is 23.5 Å². The van der Waals surface area contributed by atoms with Crippen molar-refractivity contribution in [1.29, 1.82) is 0 Å². The number of fused-ring (bicyclic) bond motifs is 2. The summed E-state index contributed by atoms with van der Waals surface area (Å²) < 4.78 is 73.1. The van der Waals surface area contributed by atoms with Crippen LogP contribution in [0, 0.1) is 0 Å². The quantitative estimate of drug-likeness (QED) is 0.0450. The molecule has 0 spiro atoms. The molecule has 2 aliphatic heterocycles. The van der Waals surface area contributed by atoms with Crippen molar-refractivity contribution in [3.05, 3.63) is 336 Å². The SMILES string of the molecule is O=C(OC[C@H]1O[C@@H](Sc2nc3ccccc3o2)[C@H](OC(=O)c2ccccc2)[C@@H](OC(=O)c2ccccc2)[C@@H]1OC(=O)c1ccccc1)c1ccccc1.O=C(OC[C@H]1O[C@@H](Sc2nc3ccccc3o2)[C@H](OC(=O)c2ccccc2)[C@@H](OC(=O)c2ccccc2)[C@@H]1OC(=O)c1ccccc1)c1ccccc1. The van der Waals surface area contributed by atoms with E-state index in [0.717, 1.165) is 23.5 Å². The molecule has 532 valence electrons. The number of hydrogen-bond acceptors (Lipinski definition) is 24. The van der Waals surface area contributed by atoms with Gasteiger partial charge in [0.05, 0.1) is 44.5 Å². The molecule has 22 nitrogen and oxygen atoms in total. The Balaban J connectivity index is 0.000000188. The smallest absolute Gasteiger partial charge is 0.338 e. The van der Waals surface area contributed by atoms with Gasteiger partial charge in [-0.15, -0.1) is 0 Å². The van der Waals surface area contributed by atoms with E-state index < -0.39 is 121 Å². The van der Waals surface area contributed by atoms with Crippen LogP contribution in [-0.2, 0) is 47.4 Å². The molecule has 10 aromatic carbocycles. The number of para-hydroxylation sites is 4. The highest BCUT2D eigenvalue weighted by molar-refractivity contribution is 7.99. The number of aromatic nitrogens is 2. The average molecular weight is 1460 g/mol. The second-order valence-electron chi connectivity index (χ2n) is 23.6. The maximum absolute atomic E-state index is 13.8. The lowest BCUT2D eigenvalue weighted by molar-refractivity contribution is -0.207. The topological polar surface area (TPSA) is 281 Å². The highest BCUT2D eigenvalue weighted by Gasteiger charge is 2.56. The van der Waals surface area contributed by atoms with E-state index in [1.54, 1.807) is 279 Å². The van der Waals surface area contributed by atoms with Crippen LogP contribution in [0.25, 0.3) is 22.2 Å². The van der Waals surface area contributed by atoms with Crippen molar-refractivity contribution in [3.8, 4) is 0 Å². The lowest BCUT2D eigenvalue weighted by Gasteiger charge is -2.44. The molecular weight excluding hydrogens is 1400 g/mol. The summed E-state index contributed by atoms with van der Waals surface area (Å²) in [4.78, 5) is 118. The maximum atomic E-state index is 13.8. The van der Waals surface area contributed by atoms with Gasteiger partial charge in [0.2, 0.25) is 0 Å². The lowest BCUT2D eigenvalue weighted by atomic mass is 9.98. The van der Waals surface area contributed by atoms with Crippen LogP contribution in [0.2, 0.25) is 0 Å². The zero-order valence-corrected chi connectivity index (χ0v) is 57.4. The van der Waals surface area contributed by atoms with Crippen molar-refractivity contribution in [3.63, 3.8) is 0 Å². The molecule has 4 heterocycles. The third kappa shape index (κ3) is 18.1. The number of hydrogen-bond donors (Lipinski definition) is 0. The summed E-state index contributed by atoms with van der Waals surface area (Å²) in [7, 11) is 0. The number of rotatable bonds is 22. The molecule has 24 heteroatoms. The van der Waals surface area contributed by atoms with Gasteiger partial charge in [-0.05, 0) is 145 Å². The van der Waals surface area contributed by atoms with Crippen molar-refractivity contribution in [2.75, 3.05) is 13.2 Å². The molecule has 0 radical (unpaired) electrons. The predicted molar refractivity (Wildman–Crippen MR) is 384 cm³/mol. The lowest BCUT2D eigenvalue weighted by Crippen LogP contribution is -2.61. The van der Waals surface area contributed by atoms with E-state index in [1.807, 2.05) is 12.1 Å². The minimum atomic E-state index is -1.49. The van der Waals surface area contributed by atoms with Gasteiger partial charge in [-0.3, -0.25) is 0 Å². The molecule has 2 saturated heterocycles. The zero-order chi connectivity index (χ0) is 73.1. The van der Waals surface area contributed by atoms with Gasteiger partial charge in [-0.1, -0.05) is 170 Å². The van der Waals surface area contributed by atoms with E-state index in [4.69, 9.17) is 56.2 Å². The van der Waals surface area contributed by atoms with Gasteiger partial charge in [0.15, 0.2) is 58.7 Å². The molecule has 2 fully saturated rings. The minimum absolute atomic E-state index is 0.157. The Morgan fingerprint density at radius 2 is 0.481 bits per heavy atom. The van der Waals surface area contributed by atoms with Crippen LogP contribution in [0.3, 0.4) is 0 Å². The first kappa shape index (κ1) is 71.9. The largest absolute Gasteiger partial charge is 0.459 e. The Kier molecular flexibility index (Phi) is 23.5. The second kappa shape index (κ2) is 34.7. The number of carbonyl (C=O) groups excluding carboxylic acids is 8. The van der Waals surface area contributed by atoms with Gasteiger partial charge in [0, 0.05) is 0 Å². The van der Waals surface area contributed by atoms with Crippen LogP contribution in [0.4, 0.5) is 0 Å². The fourth-order valence-corrected chi connectivity index (χ4v) is 13.3. The highest BCUT2D eigenvalue weighted by atomic mass is 32.2. The highest BCUT2D eigenvalue weighted by Crippen LogP contribution is 2.42. The molecule has 0 bridgehead atoms. The van der Waals surface area contributed by atoms with Crippen LogP contribution in [0.5, 0.6) is 0 Å². The second-order valence-corrected chi connectivity index (χ2v) is 25.7. The fourth-order valence-electron chi connectivity index (χ4n) is 11.2. The minimum Gasteiger partial charge on any atom is -0.459 e. The van der Waals surface area contributed by atoms with Crippen molar-refractivity contribution in [2.45, 2.75) is 70.1 Å². The fraction of sp³-hybridized carbons (Fsp3) is 0.146. The Morgan fingerprint density at radius 3 is 0.736 bits per heavy atom. The van der Waals surface area contributed by atoms with Gasteiger partial charge in [0.25, 0.3) is 10.4 Å². The molecule has 0 N–H and O–H groups in total. The predicted octanol–water partition coefficient (Wildman–Crippen LogP) is 14.4. The molecule has 14 rings (SSSR count). The molecule has 0 unspecified atom stereocenters. The number of ether oxygens (including phenoxy) is 10. The van der Waals surface area contributed by atoms with Crippen LogP contribution in [0.15, 0.2) is 310 Å². The third-order valence-electron chi connectivity index (χ3n) is 16.5. The molecule has 2 aliphatic rings. The number of thioether (sulfide) groups is 2. The van der Waals surface area contributed by atoms with Crippen molar-refractivity contribution in [2.24, 2.45) is 0 Å². The number of oxazole rings is 2. The molecule has 0 aliphatic carbocycles. The molecule has 10 atom stereocenters. The normalized spacial score (nSPS) is 19.5. The number of benzene rings is 10. The maximum Gasteiger partial charge on any atom is 0.338 e. The van der Waals surface area contributed by atoms with Gasteiger partial charge < -0.3 is 56.2 Å². The first-order chi connectivity index (χ1) is 51.8. The van der Waals surface area contributed by atoms with E-state index in [9.17, 15) is 38.4 Å². The number of esters is 8. The molecule has 12 aromatic rings. The van der Waals surface area contributed by atoms with Crippen LogP contribution in [0.1, 0.15) is 82.9 Å². The van der Waals surface area contributed by atoms with Crippen molar-refractivity contribution < 1.29 is 94.6 Å². The summed E-state index contributed by atoms with van der Waals surface area (Å²) >= 11 is 1.93. The summed E-state index contributed by atoms with van der Waals surface area (Å²) in [5.41, 5.74) is 1.52. The van der Waals surface area contributed by atoms with Crippen LogP contribution in [-0.4, -0.2) is 131 Å². The zero-order valence-electron chi connectivity index (χ0n) is 55.8. The van der Waals surface area contributed by atoms with E-state index in [1.165, 1.54) is 0 Å². The van der Waals surface area contributed by atoms with Gasteiger partial charge >= 0.3 is 47.8 Å². The van der Waals surface area contributed by atoms with E-state index >= 15 is 0 Å². The van der Waals surface area contributed by atoms with Gasteiger partial charge in [-0.25, -0.2) is 48.3 Å². The molecular formula is C82H62N2O20S2. The van der Waals surface area contributed by atoms with Crippen molar-refractivity contribution in [1.82, 2.24) is 9.97 Å². The van der Waals surface area contributed by atoms with Crippen LogP contribution < -0.4 is 0 Å². The monoisotopic (exact) mass is 1460 g/mol. The summed E-state index contributed by atoms with van der Waals surface area (Å²) in [6, 6.07) is 80.1. The average Bonchev–Trinajstić information content (AvgIpc) is 1.07. The molecule has 2 aromatic heterocycles. The summed E-state index contributed by atoms with van der Waals surface area (Å²) in [5.74, 6) is -5.98. The van der Waals surface area contributed by atoms with Crippen molar-refractivity contribution >= 4 is 93.5 Å². The Bertz CT molecular complexity index is 4610. The van der Waals surface area contributed by atoms with E-state index in [-0.39, 0.29) is 55.0 Å². The summed E-state index contributed by atoms with van der Waals surface area (Å²) in [6.45, 7) is -0.881. The number of carbonyl (C=O) groups is 8. The molecule has 0 saturated carbocycles.